The molecule has 1 saturated carbocycles. The van der Waals surface area contributed by atoms with Crippen LogP contribution in [0.2, 0.25) is 0 Å². The molecule has 7 nitrogen and oxygen atoms in total. The van der Waals surface area contributed by atoms with Crippen LogP contribution in [0.1, 0.15) is 68.8 Å². The number of hydrogen-bond donors (Lipinski definition) is 2. The highest BCUT2D eigenvalue weighted by molar-refractivity contribution is 5.97. The molecular weight excluding hydrogens is 418 g/mol. The standard InChI is InChI=1S/C26H39N3O4/c1-18-14-29(19(2)17-30)26(32)23-12-22(11-10-20(3)31)13-27-25(23)33-24(18)16-28(4)15-21-8-6-5-7-9-21/h12-13,18-21,24,30-31H,5-9,14-17H2,1-4H3/t18-,19+,20+,24+/m1/s1. The van der Waals surface area contributed by atoms with Crippen molar-refractivity contribution in [3.63, 3.8) is 0 Å². The van der Waals surface area contributed by atoms with Gasteiger partial charge in [-0.1, -0.05) is 38.0 Å². The molecule has 1 aromatic rings. The first-order valence-electron chi connectivity index (χ1n) is 12.2. The van der Waals surface area contributed by atoms with Crippen molar-refractivity contribution < 1.29 is 19.7 Å². The van der Waals surface area contributed by atoms with Crippen LogP contribution in [0, 0.1) is 23.7 Å². The van der Waals surface area contributed by atoms with Crippen molar-refractivity contribution in [2.24, 2.45) is 11.8 Å². The number of carbonyl (C=O) groups is 1. The molecular formula is C26H39N3O4. The van der Waals surface area contributed by atoms with E-state index in [4.69, 9.17) is 4.74 Å². The van der Waals surface area contributed by atoms with Crippen LogP contribution >= 0.6 is 0 Å². The Morgan fingerprint density at radius 2 is 2.00 bits per heavy atom. The van der Waals surface area contributed by atoms with Crippen molar-refractivity contribution in [1.82, 2.24) is 14.8 Å². The molecule has 1 aliphatic carbocycles. The van der Waals surface area contributed by atoms with Gasteiger partial charge < -0.3 is 24.7 Å². The third kappa shape index (κ3) is 6.92. The number of amides is 1. The van der Waals surface area contributed by atoms with E-state index in [1.165, 1.54) is 32.1 Å². The zero-order chi connectivity index (χ0) is 24.0. The number of aliphatic hydroxyl groups is 2. The minimum atomic E-state index is -0.769. The van der Waals surface area contributed by atoms with Crippen molar-refractivity contribution in [2.45, 2.75) is 71.1 Å². The first-order chi connectivity index (χ1) is 15.8. The fourth-order valence-corrected chi connectivity index (χ4v) is 4.77. The summed E-state index contributed by atoms with van der Waals surface area (Å²) in [6.07, 6.45) is 7.25. The second kappa shape index (κ2) is 11.8. The maximum Gasteiger partial charge on any atom is 0.259 e. The van der Waals surface area contributed by atoms with Crippen molar-refractivity contribution in [2.75, 3.05) is 33.3 Å². The summed E-state index contributed by atoms with van der Waals surface area (Å²) in [6.45, 7) is 7.71. The maximum absolute atomic E-state index is 13.4. The van der Waals surface area contributed by atoms with Crippen molar-refractivity contribution in [3.05, 3.63) is 23.4 Å². The first-order valence-corrected chi connectivity index (χ1v) is 12.2. The summed E-state index contributed by atoms with van der Waals surface area (Å²) in [5.74, 6) is 6.44. The lowest BCUT2D eigenvalue weighted by Crippen LogP contribution is -2.50. The fraction of sp³-hybridized carbons (Fsp3) is 0.692. The molecule has 4 atom stereocenters. The topological polar surface area (TPSA) is 86.1 Å². The van der Waals surface area contributed by atoms with Crippen LogP contribution in [-0.2, 0) is 0 Å². The third-order valence-electron chi connectivity index (χ3n) is 6.73. The van der Waals surface area contributed by atoms with Crippen LogP contribution < -0.4 is 4.74 Å². The third-order valence-corrected chi connectivity index (χ3v) is 6.73. The SMILES string of the molecule is C[C@H](O)C#Cc1cnc2c(c1)C(=O)N([C@@H](C)CO)C[C@@H](C)[C@H](CN(C)CC1CCCCC1)O2. The zero-order valence-corrected chi connectivity index (χ0v) is 20.5. The van der Waals surface area contributed by atoms with Crippen molar-refractivity contribution >= 4 is 5.91 Å². The van der Waals surface area contributed by atoms with Gasteiger partial charge in [0.05, 0.1) is 12.6 Å². The molecule has 0 unspecified atom stereocenters. The summed E-state index contributed by atoms with van der Waals surface area (Å²) in [6, 6.07) is 1.36. The van der Waals surface area contributed by atoms with Crippen molar-refractivity contribution in [1.29, 1.82) is 0 Å². The number of pyridine rings is 1. The number of carbonyl (C=O) groups excluding carboxylic acids is 1. The Morgan fingerprint density at radius 1 is 1.27 bits per heavy atom. The fourth-order valence-electron chi connectivity index (χ4n) is 4.77. The quantitative estimate of drug-likeness (QED) is 0.639. The van der Waals surface area contributed by atoms with Crippen LogP contribution in [0.3, 0.4) is 0 Å². The minimum absolute atomic E-state index is 0.0708. The molecule has 1 amide bonds. The molecule has 1 fully saturated rings. The highest BCUT2D eigenvalue weighted by atomic mass is 16.5. The normalized spacial score (nSPS) is 23.6. The number of aliphatic hydroxyl groups excluding tert-OH is 2. The largest absolute Gasteiger partial charge is 0.472 e. The molecule has 2 heterocycles. The lowest BCUT2D eigenvalue weighted by Gasteiger charge is -2.38. The Bertz CT molecular complexity index is 857. The first kappa shape index (κ1) is 25.5. The molecule has 2 aliphatic rings. The maximum atomic E-state index is 13.4. The van der Waals surface area contributed by atoms with Gasteiger partial charge in [0, 0.05) is 37.3 Å². The predicted octanol–water partition coefficient (Wildman–Crippen LogP) is 2.55. The molecule has 2 N–H and O–H groups in total. The van der Waals surface area contributed by atoms with Gasteiger partial charge in [0.2, 0.25) is 5.88 Å². The molecule has 1 aliphatic heterocycles. The minimum Gasteiger partial charge on any atom is -0.472 e. The van der Waals surface area contributed by atoms with Gasteiger partial charge in [-0.25, -0.2) is 4.98 Å². The lowest BCUT2D eigenvalue weighted by atomic mass is 9.89. The van der Waals surface area contributed by atoms with Gasteiger partial charge in [-0.3, -0.25) is 4.79 Å². The molecule has 1 aromatic heterocycles. The summed E-state index contributed by atoms with van der Waals surface area (Å²) in [5, 5.41) is 19.3. The van der Waals surface area contributed by atoms with Crippen LogP contribution in [0.25, 0.3) is 0 Å². The molecule has 7 heteroatoms. The smallest absolute Gasteiger partial charge is 0.259 e. The Hall–Kier alpha value is -2.14. The summed E-state index contributed by atoms with van der Waals surface area (Å²) < 4.78 is 6.36. The molecule has 0 saturated heterocycles. The van der Waals surface area contributed by atoms with E-state index < -0.39 is 6.10 Å². The Balaban J connectivity index is 1.86. The second-order valence-electron chi connectivity index (χ2n) is 9.87. The van der Waals surface area contributed by atoms with Gasteiger partial charge in [0.1, 0.15) is 17.8 Å². The van der Waals surface area contributed by atoms with Crippen LogP contribution in [-0.4, -0.2) is 82.4 Å². The van der Waals surface area contributed by atoms with Crippen molar-refractivity contribution in [3.8, 4) is 17.7 Å². The Morgan fingerprint density at radius 3 is 2.67 bits per heavy atom. The number of ether oxygens (including phenoxy) is 1. The molecule has 0 aromatic carbocycles. The summed E-state index contributed by atoms with van der Waals surface area (Å²) in [4.78, 5) is 21.9. The van der Waals surface area contributed by atoms with E-state index in [2.05, 4.69) is 35.7 Å². The average Bonchev–Trinajstić information content (AvgIpc) is 2.80. The van der Waals surface area contributed by atoms with Gasteiger partial charge in [-0.15, -0.1) is 0 Å². The van der Waals surface area contributed by atoms with E-state index >= 15 is 0 Å². The second-order valence-corrected chi connectivity index (χ2v) is 9.87. The summed E-state index contributed by atoms with van der Waals surface area (Å²) in [5.41, 5.74) is 0.891. The number of fused-ring (bicyclic) bond motifs is 1. The zero-order valence-electron chi connectivity index (χ0n) is 20.5. The van der Waals surface area contributed by atoms with Gasteiger partial charge in [0.15, 0.2) is 0 Å². The van der Waals surface area contributed by atoms with E-state index in [-0.39, 0.29) is 30.6 Å². The molecule has 0 spiro atoms. The van der Waals surface area contributed by atoms with E-state index in [0.29, 0.717) is 23.6 Å². The number of rotatable bonds is 6. The predicted molar refractivity (Wildman–Crippen MR) is 128 cm³/mol. The molecule has 0 radical (unpaired) electrons. The van der Waals surface area contributed by atoms with Gasteiger partial charge >= 0.3 is 0 Å². The monoisotopic (exact) mass is 457 g/mol. The number of nitrogens with zero attached hydrogens (tertiary/aromatic N) is 3. The summed E-state index contributed by atoms with van der Waals surface area (Å²) in [7, 11) is 2.14. The summed E-state index contributed by atoms with van der Waals surface area (Å²) >= 11 is 0. The van der Waals surface area contributed by atoms with E-state index in [9.17, 15) is 15.0 Å². The van der Waals surface area contributed by atoms with Crippen LogP contribution in [0.15, 0.2) is 12.3 Å². The van der Waals surface area contributed by atoms with Gasteiger partial charge in [-0.05, 0) is 45.7 Å². The van der Waals surface area contributed by atoms with Gasteiger partial charge in [-0.2, -0.15) is 0 Å². The number of aromatic nitrogens is 1. The molecule has 0 bridgehead atoms. The van der Waals surface area contributed by atoms with E-state index in [1.54, 1.807) is 24.1 Å². The Labute approximate surface area is 198 Å². The molecule has 3 rings (SSSR count). The molecule has 33 heavy (non-hydrogen) atoms. The van der Waals surface area contributed by atoms with E-state index in [0.717, 1.165) is 19.0 Å². The lowest BCUT2D eigenvalue weighted by molar-refractivity contribution is 0.0314. The van der Waals surface area contributed by atoms with Gasteiger partial charge in [0.25, 0.3) is 5.91 Å². The van der Waals surface area contributed by atoms with E-state index in [1.807, 2.05) is 6.92 Å². The average molecular weight is 458 g/mol. The number of hydrogen-bond acceptors (Lipinski definition) is 6. The Kier molecular flexibility index (Phi) is 9.13. The van der Waals surface area contributed by atoms with Crippen LogP contribution in [0.4, 0.5) is 0 Å². The highest BCUT2D eigenvalue weighted by Gasteiger charge is 2.34. The molecule has 182 valence electrons. The number of likely N-dealkylation sites (N-methyl/N-ethyl adjacent to an activating group) is 1. The highest BCUT2D eigenvalue weighted by Crippen LogP contribution is 2.28. The van der Waals surface area contributed by atoms with Crippen LogP contribution in [0.5, 0.6) is 5.88 Å².